The second-order valence-electron chi connectivity index (χ2n) is 6.23. The molecule has 2 saturated heterocycles. The molecule has 1 N–H and O–H groups in total. The van der Waals surface area contributed by atoms with Crippen LogP contribution in [0.25, 0.3) is 0 Å². The van der Waals surface area contributed by atoms with Crippen LogP contribution in [-0.4, -0.2) is 59.8 Å². The quantitative estimate of drug-likeness (QED) is 0.782. The average molecular weight is 226 g/mol. The fourth-order valence-corrected chi connectivity index (χ4v) is 2.91. The van der Waals surface area contributed by atoms with Gasteiger partial charge in [0.05, 0.1) is 6.10 Å². The van der Waals surface area contributed by atoms with Gasteiger partial charge in [0.2, 0.25) is 0 Å². The monoisotopic (exact) mass is 226 g/mol. The zero-order chi connectivity index (χ0) is 11.8. The van der Waals surface area contributed by atoms with Crippen LogP contribution in [-0.2, 0) is 0 Å². The molecule has 0 saturated carbocycles. The largest absolute Gasteiger partial charge is 0.393 e. The van der Waals surface area contributed by atoms with Gasteiger partial charge >= 0.3 is 0 Å². The van der Waals surface area contributed by atoms with Crippen molar-refractivity contribution in [2.24, 2.45) is 5.41 Å². The Bertz CT molecular complexity index is 240. The fraction of sp³-hybridized carbons (Fsp3) is 1.00. The molecule has 94 valence electrons. The molecule has 16 heavy (non-hydrogen) atoms. The first kappa shape index (κ1) is 12.3. The molecule has 2 aliphatic heterocycles. The van der Waals surface area contributed by atoms with Crippen molar-refractivity contribution in [1.29, 1.82) is 0 Å². The van der Waals surface area contributed by atoms with E-state index in [9.17, 15) is 5.11 Å². The van der Waals surface area contributed by atoms with E-state index in [0.29, 0.717) is 0 Å². The minimum absolute atomic E-state index is 0.0147. The van der Waals surface area contributed by atoms with E-state index in [4.69, 9.17) is 0 Å². The summed E-state index contributed by atoms with van der Waals surface area (Å²) in [5, 5.41) is 9.76. The zero-order valence-electron chi connectivity index (χ0n) is 10.9. The molecule has 0 amide bonds. The van der Waals surface area contributed by atoms with E-state index >= 15 is 0 Å². The number of hydrogen-bond acceptors (Lipinski definition) is 3. The Morgan fingerprint density at radius 1 is 1.31 bits per heavy atom. The summed E-state index contributed by atoms with van der Waals surface area (Å²) in [6.07, 6.45) is 2.51. The van der Waals surface area contributed by atoms with Crippen LogP contribution in [0.15, 0.2) is 0 Å². The maximum Gasteiger partial charge on any atom is 0.0575 e. The Balaban J connectivity index is 1.87. The van der Waals surface area contributed by atoms with Gasteiger partial charge in [0.15, 0.2) is 0 Å². The summed E-state index contributed by atoms with van der Waals surface area (Å²) in [7, 11) is 0. The van der Waals surface area contributed by atoms with E-state index in [0.717, 1.165) is 12.6 Å². The van der Waals surface area contributed by atoms with Crippen LogP contribution in [0.3, 0.4) is 0 Å². The molecule has 2 unspecified atom stereocenters. The summed E-state index contributed by atoms with van der Waals surface area (Å²) in [5.74, 6) is 0. The van der Waals surface area contributed by atoms with Gasteiger partial charge in [0.1, 0.15) is 0 Å². The lowest BCUT2D eigenvalue weighted by atomic mass is 9.86. The number of piperazine rings is 1. The van der Waals surface area contributed by atoms with Gasteiger partial charge in [-0.15, -0.1) is 0 Å². The van der Waals surface area contributed by atoms with Crippen molar-refractivity contribution >= 4 is 0 Å². The summed E-state index contributed by atoms with van der Waals surface area (Å²) in [4.78, 5) is 5.17. The Hall–Kier alpha value is -0.120. The second-order valence-corrected chi connectivity index (χ2v) is 6.23. The highest BCUT2D eigenvalue weighted by molar-refractivity contribution is 4.89. The van der Waals surface area contributed by atoms with Gasteiger partial charge in [0, 0.05) is 37.6 Å². The highest BCUT2D eigenvalue weighted by Gasteiger charge is 2.34. The standard InChI is InChI=1S/C13H26N2O/c1-11(16)13(2,3)10-14-7-8-15-6-4-5-12(15)9-14/h11-12,16H,4-10H2,1-3H3. The van der Waals surface area contributed by atoms with Crippen molar-refractivity contribution in [2.75, 3.05) is 32.7 Å². The molecule has 0 aliphatic carbocycles. The van der Waals surface area contributed by atoms with Crippen LogP contribution in [0, 0.1) is 5.41 Å². The van der Waals surface area contributed by atoms with Gasteiger partial charge < -0.3 is 5.11 Å². The molecule has 3 heteroatoms. The highest BCUT2D eigenvalue weighted by Crippen LogP contribution is 2.26. The van der Waals surface area contributed by atoms with Gasteiger partial charge in [-0.2, -0.15) is 0 Å². The van der Waals surface area contributed by atoms with E-state index in [1.54, 1.807) is 0 Å². The number of nitrogens with zero attached hydrogens (tertiary/aromatic N) is 2. The maximum absolute atomic E-state index is 9.76. The number of hydrogen-bond donors (Lipinski definition) is 1. The van der Waals surface area contributed by atoms with E-state index in [2.05, 4.69) is 23.6 Å². The third-order valence-corrected chi connectivity index (χ3v) is 4.43. The molecule has 0 aromatic rings. The number of aliphatic hydroxyl groups is 1. The first-order valence-corrected chi connectivity index (χ1v) is 6.63. The molecule has 2 heterocycles. The maximum atomic E-state index is 9.76. The summed E-state index contributed by atoms with van der Waals surface area (Å²) in [5.41, 5.74) is 0.0147. The Morgan fingerprint density at radius 2 is 2.06 bits per heavy atom. The summed E-state index contributed by atoms with van der Waals surface area (Å²) < 4.78 is 0. The molecular weight excluding hydrogens is 200 g/mol. The molecule has 2 rings (SSSR count). The van der Waals surface area contributed by atoms with E-state index in [1.807, 2.05) is 6.92 Å². The van der Waals surface area contributed by atoms with Crippen LogP contribution < -0.4 is 0 Å². The van der Waals surface area contributed by atoms with Crippen molar-refractivity contribution in [1.82, 2.24) is 9.80 Å². The predicted molar refractivity (Wildman–Crippen MR) is 66.5 cm³/mol. The number of fused-ring (bicyclic) bond motifs is 1. The van der Waals surface area contributed by atoms with Crippen molar-refractivity contribution in [2.45, 2.75) is 45.8 Å². The molecule has 2 atom stereocenters. The third kappa shape index (κ3) is 2.58. The molecule has 0 radical (unpaired) electrons. The molecular formula is C13H26N2O. The topological polar surface area (TPSA) is 26.7 Å². The average Bonchev–Trinajstić information content (AvgIpc) is 2.63. The third-order valence-electron chi connectivity index (χ3n) is 4.43. The first-order chi connectivity index (χ1) is 7.49. The van der Waals surface area contributed by atoms with Gasteiger partial charge in [-0.05, 0) is 26.3 Å². The molecule has 2 aliphatic rings. The minimum atomic E-state index is -0.228. The van der Waals surface area contributed by atoms with E-state index < -0.39 is 0 Å². The SMILES string of the molecule is CC(O)C(C)(C)CN1CCN2CCCC2C1. The molecule has 2 fully saturated rings. The van der Waals surface area contributed by atoms with Crippen LogP contribution >= 0.6 is 0 Å². The predicted octanol–water partition coefficient (Wildman–Crippen LogP) is 1.17. The van der Waals surface area contributed by atoms with Crippen LogP contribution in [0.1, 0.15) is 33.6 Å². The van der Waals surface area contributed by atoms with Gasteiger partial charge in [-0.3, -0.25) is 9.80 Å². The van der Waals surface area contributed by atoms with Crippen molar-refractivity contribution in [3.63, 3.8) is 0 Å². The summed E-state index contributed by atoms with van der Waals surface area (Å²) in [6.45, 7) is 12.2. The van der Waals surface area contributed by atoms with Gasteiger partial charge in [-0.25, -0.2) is 0 Å². The lowest BCUT2D eigenvalue weighted by molar-refractivity contribution is 0.0115. The second kappa shape index (κ2) is 4.63. The first-order valence-electron chi connectivity index (χ1n) is 6.63. The van der Waals surface area contributed by atoms with Crippen molar-refractivity contribution in [3.8, 4) is 0 Å². The number of rotatable bonds is 3. The lowest BCUT2D eigenvalue weighted by Gasteiger charge is -2.42. The normalized spacial score (nSPS) is 30.4. The minimum Gasteiger partial charge on any atom is -0.393 e. The molecule has 0 aromatic carbocycles. The number of aliphatic hydroxyl groups excluding tert-OH is 1. The van der Waals surface area contributed by atoms with Crippen LogP contribution in [0.4, 0.5) is 0 Å². The molecule has 0 spiro atoms. The summed E-state index contributed by atoms with van der Waals surface area (Å²) >= 11 is 0. The van der Waals surface area contributed by atoms with Gasteiger partial charge in [0.25, 0.3) is 0 Å². The zero-order valence-corrected chi connectivity index (χ0v) is 10.9. The Labute approximate surface area is 99.4 Å². The van der Waals surface area contributed by atoms with Crippen LogP contribution in [0.5, 0.6) is 0 Å². The highest BCUT2D eigenvalue weighted by atomic mass is 16.3. The molecule has 3 nitrogen and oxygen atoms in total. The molecule has 0 bridgehead atoms. The fourth-order valence-electron chi connectivity index (χ4n) is 2.91. The smallest absolute Gasteiger partial charge is 0.0575 e. The Morgan fingerprint density at radius 3 is 2.75 bits per heavy atom. The molecule has 0 aromatic heterocycles. The van der Waals surface area contributed by atoms with Crippen LogP contribution in [0.2, 0.25) is 0 Å². The van der Waals surface area contributed by atoms with E-state index in [1.165, 1.54) is 39.0 Å². The lowest BCUT2D eigenvalue weighted by Crippen LogP contribution is -2.53. The Kier molecular flexibility index (Phi) is 3.57. The van der Waals surface area contributed by atoms with Gasteiger partial charge in [-0.1, -0.05) is 13.8 Å². The van der Waals surface area contributed by atoms with Crippen molar-refractivity contribution in [3.05, 3.63) is 0 Å². The van der Waals surface area contributed by atoms with E-state index in [-0.39, 0.29) is 11.5 Å². The summed E-state index contributed by atoms with van der Waals surface area (Å²) in [6, 6.07) is 0.790. The van der Waals surface area contributed by atoms with Crippen molar-refractivity contribution < 1.29 is 5.11 Å².